The number of nitro groups is 1. The summed E-state index contributed by atoms with van der Waals surface area (Å²) in [4.78, 5) is 10.1. The number of hydrogen-bond acceptors (Lipinski definition) is 5. The quantitative estimate of drug-likeness (QED) is 0.498. The van der Waals surface area contributed by atoms with Gasteiger partial charge in [0.05, 0.1) is 4.92 Å². The van der Waals surface area contributed by atoms with E-state index in [2.05, 4.69) is 15.9 Å². The zero-order chi connectivity index (χ0) is 14.8. The molecule has 0 bridgehead atoms. The first kappa shape index (κ1) is 16.1. The predicted molar refractivity (Wildman–Crippen MR) is 74.8 cm³/mol. The number of sulfone groups is 1. The summed E-state index contributed by atoms with van der Waals surface area (Å²) < 4.78 is 22.0. The number of benzene rings is 1. The number of non-ortho nitro benzene ring substituents is 1. The number of rotatable bonds is 5. The molecule has 0 saturated carbocycles. The Labute approximate surface area is 119 Å². The number of nitrogens with zero attached hydrogens (tertiary/aromatic N) is 1. The normalized spacial score (nSPS) is 16.6. The number of aliphatic hydroxyl groups is 1. The van der Waals surface area contributed by atoms with Crippen LogP contribution in [0.25, 0.3) is 0 Å². The summed E-state index contributed by atoms with van der Waals surface area (Å²) in [6, 6.07) is 5.30. The molecule has 0 radical (unpaired) electrons. The third-order valence-electron chi connectivity index (χ3n) is 2.90. The van der Waals surface area contributed by atoms with E-state index in [9.17, 15) is 23.6 Å². The average Bonchev–Trinajstić information content (AvgIpc) is 2.35. The van der Waals surface area contributed by atoms with Crippen LogP contribution < -0.4 is 0 Å². The Bertz CT molecular complexity index is 589. The van der Waals surface area contributed by atoms with Gasteiger partial charge in [0.2, 0.25) is 0 Å². The van der Waals surface area contributed by atoms with Crippen molar-refractivity contribution in [3.8, 4) is 0 Å². The second kappa shape index (κ2) is 5.56. The van der Waals surface area contributed by atoms with Gasteiger partial charge in [-0.15, -0.1) is 0 Å². The van der Waals surface area contributed by atoms with E-state index in [1.165, 1.54) is 24.3 Å². The fourth-order valence-corrected chi connectivity index (χ4v) is 3.05. The summed E-state index contributed by atoms with van der Waals surface area (Å²) in [5.74, 6) is 0. The molecule has 0 amide bonds. The molecule has 0 aliphatic heterocycles. The molecule has 106 valence electrons. The topological polar surface area (TPSA) is 97.5 Å². The van der Waals surface area contributed by atoms with Gasteiger partial charge in [-0.25, -0.2) is 8.42 Å². The largest absolute Gasteiger partial charge is 0.386 e. The molecule has 0 fully saturated rings. The van der Waals surface area contributed by atoms with Crippen LogP contribution in [0.4, 0.5) is 5.69 Å². The van der Waals surface area contributed by atoms with E-state index < -0.39 is 24.5 Å². The lowest BCUT2D eigenvalue weighted by molar-refractivity contribution is -0.385. The van der Waals surface area contributed by atoms with Gasteiger partial charge in [0.15, 0.2) is 13.5 Å². The second-order valence-corrected chi connectivity index (χ2v) is 8.38. The van der Waals surface area contributed by atoms with Gasteiger partial charge in [-0.1, -0.05) is 35.0 Å². The lowest BCUT2D eigenvalue weighted by atomic mass is 10.0. The smallest absolute Gasteiger partial charge is 0.269 e. The molecule has 8 heteroatoms. The Kier molecular flexibility index (Phi) is 4.70. The molecule has 2 atom stereocenters. The zero-order valence-electron chi connectivity index (χ0n) is 10.4. The van der Waals surface area contributed by atoms with Crippen LogP contribution in [0.1, 0.15) is 25.0 Å². The molecule has 0 unspecified atom stereocenters. The van der Waals surface area contributed by atoms with Crippen molar-refractivity contribution < 1.29 is 18.4 Å². The first-order valence-corrected chi connectivity index (χ1v) is 8.13. The lowest BCUT2D eigenvalue weighted by Crippen LogP contribution is -2.37. The summed E-state index contributed by atoms with van der Waals surface area (Å²) in [6.45, 7) is 1.61. The van der Waals surface area contributed by atoms with E-state index in [1.54, 1.807) is 6.92 Å². The summed E-state index contributed by atoms with van der Waals surface area (Å²) in [5.41, 5.74) is -0.0191. The molecule has 1 N–H and O–H groups in total. The molecule has 19 heavy (non-hydrogen) atoms. The molecular weight excluding hydrogens is 338 g/mol. The minimum Gasteiger partial charge on any atom is -0.386 e. The molecule has 0 aliphatic carbocycles. The molecule has 0 heterocycles. The Hall–Kier alpha value is -0.990. The molecule has 0 aromatic heterocycles. The Morgan fingerprint density at radius 3 is 2.53 bits per heavy atom. The third kappa shape index (κ3) is 3.13. The standard InChI is InChI=1S/C11H14BrNO5S/c1-3-11(12,19(2,17)18)10(14)8-5-4-6-9(7-8)13(15)16/h4-7,10,14H,3H2,1-2H3/t10-,11-/m0/s1. The summed E-state index contributed by atoms with van der Waals surface area (Å²) in [5, 5.41) is 20.9. The van der Waals surface area contributed by atoms with E-state index in [4.69, 9.17) is 0 Å². The van der Waals surface area contributed by atoms with Gasteiger partial charge in [0.25, 0.3) is 5.69 Å². The summed E-state index contributed by atoms with van der Waals surface area (Å²) in [6.07, 6.45) is -0.269. The van der Waals surface area contributed by atoms with Crippen molar-refractivity contribution >= 4 is 31.5 Å². The molecule has 1 rings (SSSR count). The van der Waals surface area contributed by atoms with E-state index in [-0.39, 0.29) is 17.7 Å². The van der Waals surface area contributed by atoms with Crippen molar-refractivity contribution in [2.24, 2.45) is 0 Å². The highest BCUT2D eigenvalue weighted by molar-refractivity contribution is 9.11. The van der Waals surface area contributed by atoms with E-state index in [1.807, 2.05) is 0 Å². The Morgan fingerprint density at radius 1 is 1.53 bits per heavy atom. The maximum absolute atomic E-state index is 11.8. The Balaban J connectivity index is 3.29. The van der Waals surface area contributed by atoms with Gasteiger partial charge in [0, 0.05) is 18.4 Å². The first-order chi connectivity index (χ1) is 8.63. The molecule has 1 aromatic rings. The van der Waals surface area contributed by atoms with Gasteiger partial charge in [0.1, 0.15) is 6.10 Å². The maximum Gasteiger partial charge on any atom is 0.269 e. The lowest BCUT2D eigenvalue weighted by Gasteiger charge is -2.29. The van der Waals surface area contributed by atoms with Gasteiger partial charge in [-0.3, -0.25) is 10.1 Å². The SMILES string of the molecule is CC[C@@](Br)([C@@H](O)c1cccc([N+](=O)[O-])c1)S(C)(=O)=O. The molecule has 1 aromatic carbocycles. The van der Waals surface area contributed by atoms with Crippen molar-refractivity contribution in [1.29, 1.82) is 0 Å². The van der Waals surface area contributed by atoms with Gasteiger partial charge < -0.3 is 5.11 Å². The Morgan fingerprint density at radius 2 is 2.11 bits per heavy atom. The minimum absolute atomic E-state index is 0.121. The molecule has 0 saturated heterocycles. The highest BCUT2D eigenvalue weighted by Gasteiger charge is 2.44. The number of nitro benzene ring substituents is 1. The number of hydrogen-bond donors (Lipinski definition) is 1. The highest BCUT2D eigenvalue weighted by atomic mass is 79.9. The van der Waals surface area contributed by atoms with Crippen LogP contribution in [0.15, 0.2) is 24.3 Å². The van der Waals surface area contributed by atoms with Crippen molar-refractivity contribution in [2.75, 3.05) is 6.26 Å². The van der Waals surface area contributed by atoms with Crippen LogP contribution in [0, 0.1) is 10.1 Å². The fourth-order valence-electron chi connectivity index (χ4n) is 1.72. The van der Waals surface area contributed by atoms with E-state index >= 15 is 0 Å². The first-order valence-electron chi connectivity index (χ1n) is 5.44. The van der Waals surface area contributed by atoms with E-state index in [0.29, 0.717) is 0 Å². The fraction of sp³-hybridized carbons (Fsp3) is 0.455. The highest BCUT2D eigenvalue weighted by Crippen LogP contribution is 2.41. The maximum atomic E-state index is 11.8. The molecule has 0 aliphatic rings. The van der Waals surface area contributed by atoms with Crippen LogP contribution in [-0.2, 0) is 9.84 Å². The van der Waals surface area contributed by atoms with Crippen molar-refractivity contribution in [1.82, 2.24) is 0 Å². The number of alkyl halides is 1. The van der Waals surface area contributed by atoms with Crippen LogP contribution in [0.3, 0.4) is 0 Å². The van der Waals surface area contributed by atoms with Gasteiger partial charge in [-0.2, -0.15) is 0 Å². The van der Waals surface area contributed by atoms with Crippen LogP contribution in [0.2, 0.25) is 0 Å². The second-order valence-electron chi connectivity index (χ2n) is 4.17. The van der Waals surface area contributed by atoms with Crippen LogP contribution in [0.5, 0.6) is 0 Å². The summed E-state index contributed by atoms with van der Waals surface area (Å²) >= 11 is 3.06. The van der Waals surface area contributed by atoms with Crippen molar-refractivity contribution in [2.45, 2.75) is 23.1 Å². The molecule has 0 spiro atoms. The monoisotopic (exact) mass is 351 g/mol. The van der Waals surface area contributed by atoms with Gasteiger partial charge in [-0.05, 0) is 12.0 Å². The van der Waals surface area contributed by atoms with Crippen molar-refractivity contribution in [3.05, 3.63) is 39.9 Å². The van der Waals surface area contributed by atoms with E-state index in [0.717, 1.165) is 6.26 Å². The molecular formula is C11H14BrNO5S. The zero-order valence-corrected chi connectivity index (χ0v) is 12.8. The number of halogens is 1. The average molecular weight is 352 g/mol. The number of aliphatic hydroxyl groups excluding tert-OH is 1. The summed E-state index contributed by atoms with van der Waals surface area (Å²) in [7, 11) is -3.60. The minimum atomic E-state index is -3.60. The third-order valence-corrected chi connectivity index (χ3v) is 7.41. The van der Waals surface area contributed by atoms with Gasteiger partial charge >= 0.3 is 0 Å². The molecule has 6 nitrogen and oxygen atoms in total. The van der Waals surface area contributed by atoms with Crippen LogP contribution in [-0.4, -0.2) is 28.4 Å². The van der Waals surface area contributed by atoms with Crippen molar-refractivity contribution in [3.63, 3.8) is 0 Å². The predicted octanol–water partition coefficient (Wildman–Crippen LogP) is 2.17. The van der Waals surface area contributed by atoms with Crippen LogP contribution >= 0.6 is 15.9 Å².